The van der Waals surface area contributed by atoms with Crippen LogP contribution in [0.4, 0.5) is 37.8 Å². The van der Waals surface area contributed by atoms with E-state index in [2.05, 4.69) is 20.7 Å². The highest BCUT2D eigenvalue weighted by Gasteiger charge is 2.36. The van der Waals surface area contributed by atoms with Crippen LogP contribution in [0, 0.1) is 17.5 Å². The number of rotatable bonds is 5. The van der Waals surface area contributed by atoms with Crippen LogP contribution >= 0.6 is 23.2 Å². The second-order valence-electron chi connectivity index (χ2n) is 8.34. The standard InChI is InChI=1S/C23H19Cl2F6N5O/c24-11-5-12(26)7-13(6-11)32-22(34-21(37)15-8-18(28)16(25)9-17(15)27)33-20-10-19(23(29,30)31)35-36(20)14-3-1-2-4-14/h5-10,14,21,37H,1-4H2,(H2,32,33,34). The van der Waals surface area contributed by atoms with Gasteiger partial charge in [-0.1, -0.05) is 36.0 Å². The van der Waals surface area contributed by atoms with Gasteiger partial charge in [0.1, 0.15) is 23.3 Å². The van der Waals surface area contributed by atoms with Crippen LogP contribution in [0.1, 0.15) is 49.2 Å². The van der Waals surface area contributed by atoms with Crippen LogP contribution in [0.25, 0.3) is 0 Å². The summed E-state index contributed by atoms with van der Waals surface area (Å²) in [5.74, 6) is -3.40. The van der Waals surface area contributed by atoms with Crippen molar-refractivity contribution in [2.45, 2.75) is 44.1 Å². The quantitative estimate of drug-likeness (QED) is 0.131. The lowest BCUT2D eigenvalue weighted by Crippen LogP contribution is -2.26. The Morgan fingerprint density at radius 1 is 1.00 bits per heavy atom. The molecule has 0 aliphatic heterocycles. The third kappa shape index (κ3) is 6.49. The van der Waals surface area contributed by atoms with Crippen molar-refractivity contribution in [3.05, 3.63) is 75.2 Å². The minimum Gasteiger partial charge on any atom is -0.368 e. The lowest BCUT2D eigenvalue weighted by Gasteiger charge is -2.18. The maximum atomic E-state index is 14.4. The maximum Gasteiger partial charge on any atom is 0.435 e. The van der Waals surface area contributed by atoms with Gasteiger partial charge in [-0.15, -0.1) is 0 Å². The van der Waals surface area contributed by atoms with Crippen LogP contribution in [0.2, 0.25) is 10.0 Å². The predicted octanol–water partition coefficient (Wildman–Crippen LogP) is 7.31. The van der Waals surface area contributed by atoms with E-state index in [1.165, 1.54) is 10.7 Å². The molecule has 0 spiro atoms. The van der Waals surface area contributed by atoms with Crippen LogP contribution in [-0.2, 0) is 6.18 Å². The van der Waals surface area contributed by atoms with Gasteiger partial charge in [-0.2, -0.15) is 18.3 Å². The van der Waals surface area contributed by atoms with Crippen LogP contribution in [0.3, 0.4) is 0 Å². The van der Waals surface area contributed by atoms with Gasteiger partial charge in [-0.25, -0.2) is 22.8 Å². The third-order valence-corrected chi connectivity index (χ3v) is 6.15. The van der Waals surface area contributed by atoms with Gasteiger partial charge in [0.05, 0.1) is 11.1 Å². The fraction of sp³-hybridized carbons (Fsp3) is 0.304. The number of anilines is 2. The Morgan fingerprint density at radius 2 is 1.70 bits per heavy atom. The number of benzene rings is 2. The predicted molar refractivity (Wildman–Crippen MR) is 127 cm³/mol. The second kappa shape index (κ2) is 10.8. The van der Waals surface area contributed by atoms with Crippen molar-refractivity contribution in [1.82, 2.24) is 9.78 Å². The second-order valence-corrected chi connectivity index (χ2v) is 9.19. The molecule has 1 heterocycles. The van der Waals surface area contributed by atoms with Crippen LogP contribution in [0.15, 0.2) is 41.4 Å². The number of aliphatic hydroxyl groups is 1. The highest BCUT2D eigenvalue weighted by molar-refractivity contribution is 6.31. The van der Waals surface area contributed by atoms with Crippen LogP contribution < -0.4 is 10.6 Å². The summed E-state index contributed by atoms with van der Waals surface area (Å²) in [6, 6.07) is 5.00. The average Bonchev–Trinajstić information content (AvgIpc) is 3.45. The van der Waals surface area contributed by atoms with Gasteiger partial charge in [-0.3, -0.25) is 0 Å². The fourth-order valence-electron chi connectivity index (χ4n) is 3.96. The van der Waals surface area contributed by atoms with Gasteiger partial charge in [0.2, 0.25) is 5.96 Å². The molecule has 3 N–H and O–H groups in total. The number of guanidine groups is 1. The minimum absolute atomic E-state index is 0.00850. The fourth-order valence-corrected chi connectivity index (χ4v) is 4.33. The molecule has 6 nitrogen and oxygen atoms in total. The molecule has 0 bridgehead atoms. The summed E-state index contributed by atoms with van der Waals surface area (Å²) < 4.78 is 83.7. The monoisotopic (exact) mass is 565 g/mol. The lowest BCUT2D eigenvalue weighted by molar-refractivity contribution is -0.141. The SMILES string of the molecule is OC(N=C(Nc1cc(F)cc(Cl)c1)Nc1cc(C(F)(F)F)nn1C1CCCC1)c1cc(F)c(Cl)cc1F. The molecule has 0 amide bonds. The number of hydrogen-bond acceptors (Lipinski definition) is 3. The molecule has 0 saturated heterocycles. The molecular formula is C23H19Cl2F6N5O. The Bertz CT molecular complexity index is 1300. The zero-order chi connectivity index (χ0) is 26.9. The number of aliphatic imine (C=N–C) groups is 1. The smallest absolute Gasteiger partial charge is 0.368 e. The molecule has 1 fully saturated rings. The number of alkyl halides is 3. The summed E-state index contributed by atoms with van der Waals surface area (Å²) in [7, 11) is 0. The summed E-state index contributed by atoms with van der Waals surface area (Å²) in [6.45, 7) is 0. The first-order valence-corrected chi connectivity index (χ1v) is 11.7. The van der Waals surface area contributed by atoms with E-state index >= 15 is 0 Å². The Kier molecular flexibility index (Phi) is 7.91. The molecule has 1 aliphatic rings. The Morgan fingerprint density at radius 3 is 2.35 bits per heavy atom. The largest absolute Gasteiger partial charge is 0.435 e. The van der Waals surface area contributed by atoms with Crippen molar-refractivity contribution < 1.29 is 31.4 Å². The molecule has 4 rings (SSSR count). The van der Waals surface area contributed by atoms with E-state index in [4.69, 9.17) is 23.2 Å². The van der Waals surface area contributed by atoms with E-state index in [0.717, 1.165) is 31.0 Å². The molecule has 1 aromatic heterocycles. The van der Waals surface area contributed by atoms with Crippen molar-refractivity contribution in [3.8, 4) is 0 Å². The van der Waals surface area contributed by atoms with E-state index < -0.39 is 52.1 Å². The molecule has 2 aromatic carbocycles. The highest BCUT2D eigenvalue weighted by atomic mass is 35.5. The van der Waals surface area contributed by atoms with E-state index in [0.29, 0.717) is 25.0 Å². The summed E-state index contributed by atoms with van der Waals surface area (Å²) in [5.41, 5.74) is -1.75. The summed E-state index contributed by atoms with van der Waals surface area (Å²) >= 11 is 11.4. The van der Waals surface area contributed by atoms with Gasteiger partial charge in [-0.05, 0) is 43.2 Å². The first-order valence-electron chi connectivity index (χ1n) is 11.0. The van der Waals surface area contributed by atoms with Gasteiger partial charge in [0, 0.05) is 22.3 Å². The number of aromatic nitrogens is 2. The van der Waals surface area contributed by atoms with Gasteiger partial charge >= 0.3 is 6.18 Å². The lowest BCUT2D eigenvalue weighted by atomic mass is 10.2. The van der Waals surface area contributed by atoms with Crippen LogP contribution in [0.5, 0.6) is 0 Å². The normalized spacial score (nSPS) is 15.8. The molecule has 1 saturated carbocycles. The zero-order valence-corrected chi connectivity index (χ0v) is 20.3. The molecule has 1 unspecified atom stereocenters. The molecule has 37 heavy (non-hydrogen) atoms. The molecule has 1 atom stereocenters. The molecule has 0 radical (unpaired) electrons. The number of nitrogens with one attached hydrogen (secondary N) is 2. The number of nitrogens with zero attached hydrogens (tertiary/aromatic N) is 3. The van der Waals surface area contributed by atoms with Crippen molar-refractivity contribution in [3.63, 3.8) is 0 Å². The number of aliphatic hydroxyl groups excluding tert-OH is 1. The van der Waals surface area contributed by atoms with Crippen molar-refractivity contribution in [1.29, 1.82) is 0 Å². The number of halogens is 8. The zero-order valence-electron chi connectivity index (χ0n) is 18.8. The highest BCUT2D eigenvalue weighted by Crippen LogP contribution is 2.36. The molecule has 1 aliphatic carbocycles. The van der Waals surface area contributed by atoms with Crippen molar-refractivity contribution in [2.24, 2.45) is 4.99 Å². The third-order valence-electron chi connectivity index (χ3n) is 5.64. The molecule has 3 aromatic rings. The molecule has 198 valence electrons. The Balaban J connectivity index is 1.76. The minimum atomic E-state index is -4.75. The summed E-state index contributed by atoms with van der Waals surface area (Å²) in [4.78, 5) is 3.88. The summed E-state index contributed by atoms with van der Waals surface area (Å²) in [5, 5.41) is 18.9. The van der Waals surface area contributed by atoms with E-state index in [-0.39, 0.29) is 22.6 Å². The maximum absolute atomic E-state index is 14.4. The molecular weight excluding hydrogens is 547 g/mol. The van der Waals surface area contributed by atoms with E-state index in [9.17, 15) is 31.4 Å². The van der Waals surface area contributed by atoms with Crippen molar-refractivity contribution in [2.75, 3.05) is 10.6 Å². The molecule has 14 heteroatoms. The topological polar surface area (TPSA) is 74.5 Å². The number of hydrogen-bond donors (Lipinski definition) is 3. The van der Waals surface area contributed by atoms with Gasteiger partial charge in [0.25, 0.3) is 0 Å². The van der Waals surface area contributed by atoms with Gasteiger partial charge < -0.3 is 15.7 Å². The van der Waals surface area contributed by atoms with Crippen LogP contribution in [-0.4, -0.2) is 20.8 Å². The van der Waals surface area contributed by atoms with E-state index in [1.54, 1.807) is 0 Å². The first kappa shape index (κ1) is 27.1. The van der Waals surface area contributed by atoms with Crippen molar-refractivity contribution >= 4 is 40.7 Å². The van der Waals surface area contributed by atoms with E-state index in [1.807, 2.05) is 0 Å². The average molecular weight is 566 g/mol. The first-order chi connectivity index (χ1) is 17.4. The summed E-state index contributed by atoms with van der Waals surface area (Å²) in [6.07, 6.45) is -4.00. The van der Waals surface area contributed by atoms with Gasteiger partial charge in [0.15, 0.2) is 11.9 Å². The Labute approximate surface area is 216 Å². The Hall–Kier alpha value is -2.96.